The van der Waals surface area contributed by atoms with Gasteiger partial charge in [0.15, 0.2) is 0 Å². The van der Waals surface area contributed by atoms with Crippen molar-refractivity contribution in [3.63, 3.8) is 0 Å². The molecule has 192 valence electrons. The summed E-state index contributed by atoms with van der Waals surface area (Å²) in [6, 6.07) is 0. The predicted octanol–water partition coefficient (Wildman–Crippen LogP) is 6.20. The summed E-state index contributed by atoms with van der Waals surface area (Å²) in [5, 5.41) is 33.3. The molecule has 34 heavy (non-hydrogen) atoms. The SMILES string of the molecule is C[C@@H]1CC[C@]2(C(=O)O)CC[C@]3(C)C(=CC[C@@H]4[C@@]5(C)CC[C@@H](O)C(C)(C)C5CC[C@]43C)[C@@H]2[C@]1(C)O. The normalized spacial score (nSPS) is 56.3. The third kappa shape index (κ3) is 2.71. The molecule has 4 heteroatoms. The Balaban J connectivity index is 1.64. The molecule has 5 rings (SSSR count). The van der Waals surface area contributed by atoms with Crippen molar-refractivity contribution in [2.75, 3.05) is 0 Å². The maximum atomic E-state index is 12.8. The maximum absolute atomic E-state index is 12.8. The number of aliphatic hydroxyl groups excluding tert-OH is 1. The van der Waals surface area contributed by atoms with Crippen LogP contribution in [-0.2, 0) is 4.79 Å². The van der Waals surface area contributed by atoms with Crippen molar-refractivity contribution in [1.82, 2.24) is 0 Å². The Kier molecular flexibility index (Phi) is 5.20. The summed E-state index contributed by atoms with van der Waals surface area (Å²) >= 11 is 0. The van der Waals surface area contributed by atoms with E-state index in [4.69, 9.17) is 0 Å². The van der Waals surface area contributed by atoms with Crippen LogP contribution in [0.25, 0.3) is 0 Å². The monoisotopic (exact) mass is 472 g/mol. The van der Waals surface area contributed by atoms with E-state index >= 15 is 0 Å². The zero-order valence-electron chi connectivity index (χ0n) is 22.6. The van der Waals surface area contributed by atoms with E-state index in [1.165, 1.54) is 5.57 Å². The van der Waals surface area contributed by atoms with Crippen molar-refractivity contribution < 1.29 is 20.1 Å². The summed E-state index contributed by atoms with van der Waals surface area (Å²) in [5.41, 5.74) is -0.532. The van der Waals surface area contributed by atoms with Crippen LogP contribution in [0.15, 0.2) is 11.6 Å². The summed E-state index contributed by atoms with van der Waals surface area (Å²) in [4.78, 5) is 12.8. The molecule has 0 aliphatic heterocycles. The molecule has 0 bridgehead atoms. The lowest BCUT2D eigenvalue weighted by atomic mass is 9.33. The van der Waals surface area contributed by atoms with Crippen molar-refractivity contribution >= 4 is 5.97 Å². The van der Waals surface area contributed by atoms with Crippen LogP contribution in [0.4, 0.5) is 0 Å². The number of hydrogen-bond acceptors (Lipinski definition) is 3. The number of carbonyl (C=O) groups is 1. The number of rotatable bonds is 1. The minimum Gasteiger partial charge on any atom is -0.481 e. The molecule has 0 aromatic rings. The first kappa shape index (κ1) is 24.8. The molecule has 4 fully saturated rings. The molecule has 4 nitrogen and oxygen atoms in total. The Bertz CT molecular complexity index is 919. The summed E-state index contributed by atoms with van der Waals surface area (Å²) in [7, 11) is 0. The van der Waals surface area contributed by atoms with Gasteiger partial charge in [0.05, 0.1) is 17.1 Å². The topological polar surface area (TPSA) is 77.8 Å². The van der Waals surface area contributed by atoms with Gasteiger partial charge in [-0.25, -0.2) is 0 Å². The van der Waals surface area contributed by atoms with E-state index in [-0.39, 0.29) is 39.6 Å². The first-order valence-electron chi connectivity index (χ1n) is 13.9. The lowest BCUT2D eigenvalue weighted by Crippen LogP contribution is -2.67. The molecule has 0 radical (unpaired) electrons. The van der Waals surface area contributed by atoms with Crippen LogP contribution in [0, 0.1) is 50.7 Å². The van der Waals surface area contributed by atoms with E-state index in [1.807, 2.05) is 6.92 Å². The first-order chi connectivity index (χ1) is 15.6. The first-order valence-corrected chi connectivity index (χ1v) is 13.9. The van der Waals surface area contributed by atoms with Gasteiger partial charge in [-0.05, 0) is 104 Å². The molecule has 5 aliphatic rings. The Morgan fingerprint density at radius 2 is 1.59 bits per heavy atom. The number of aliphatic carboxylic acids is 1. The van der Waals surface area contributed by atoms with Crippen LogP contribution in [0.3, 0.4) is 0 Å². The van der Waals surface area contributed by atoms with E-state index in [2.05, 4.69) is 47.6 Å². The number of allylic oxidation sites excluding steroid dienone is 1. The fourth-order valence-electron chi connectivity index (χ4n) is 10.8. The summed E-state index contributed by atoms with van der Waals surface area (Å²) < 4.78 is 0. The highest BCUT2D eigenvalue weighted by atomic mass is 16.4. The van der Waals surface area contributed by atoms with Gasteiger partial charge in [0.2, 0.25) is 0 Å². The van der Waals surface area contributed by atoms with E-state index < -0.39 is 17.0 Å². The van der Waals surface area contributed by atoms with Crippen LogP contribution in [0.1, 0.15) is 106 Å². The summed E-state index contributed by atoms with van der Waals surface area (Å²) in [6.45, 7) is 16.0. The molecule has 0 amide bonds. The van der Waals surface area contributed by atoms with Crippen LogP contribution in [0.2, 0.25) is 0 Å². The van der Waals surface area contributed by atoms with Crippen molar-refractivity contribution in [3.8, 4) is 0 Å². The molecule has 0 spiro atoms. The quantitative estimate of drug-likeness (QED) is 0.397. The molecule has 10 atom stereocenters. The molecular formula is C30H48O4. The summed E-state index contributed by atoms with van der Waals surface area (Å²) in [5.74, 6) is 0.0848. The van der Waals surface area contributed by atoms with Crippen molar-refractivity contribution in [1.29, 1.82) is 0 Å². The largest absolute Gasteiger partial charge is 0.481 e. The molecule has 3 N–H and O–H groups in total. The third-order valence-electron chi connectivity index (χ3n) is 13.5. The highest BCUT2D eigenvalue weighted by Gasteiger charge is 2.71. The second kappa shape index (κ2) is 7.12. The fourth-order valence-corrected chi connectivity index (χ4v) is 10.8. The van der Waals surface area contributed by atoms with Gasteiger partial charge in [-0.1, -0.05) is 53.2 Å². The van der Waals surface area contributed by atoms with Gasteiger partial charge in [0.25, 0.3) is 0 Å². The van der Waals surface area contributed by atoms with E-state index in [0.29, 0.717) is 24.7 Å². The molecule has 5 aliphatic carbocycles. The Labute approximate surface area is 206 Å². The van der Waals surface area contributed by atoms with Crippen LogP contribution < -0.4 is 0 Å². The van der Waals surface area contributed by atoms with E-state index in [1.54, 1.807) is 0 Å². The highest BCUT2D eigenvalue weighted by molar-refractivity contribution is 5.77. The Morgan fingerprint density at radius 1 is 0.912 bits per heavy atom. The average molecular weight is 473 g/mol. The molecular weight excluding hydrogens is 424 g/mol. The summed E-state index contributed by atoms with van der Waals surface area (Å²) in [6.07, 6.45) is 10.3. The average Bonchev–Trinajstić information content (AvgIpc) is 2.74. The van der Waals surface area contributed by atoms with Crippen molar-refractivity contribution in [2.45, 2.75) is 118 Å². The predicted molar refractivity (Wildman–Crippen MR) is 134 cm³/mol. The zero-order chi connectivity index (χ0) is 25.1. The van der Waals surface area contributed by atoms with Gasteiger partial charge in [-0.3, -0.25) is 4.79 Å². The fraction of sp³-hybridized carbons (Fsp3) is 0.900. The Hall–Kier alpha value is -0.870. The minimum atomic E-state index is -1.01. The number of aliphatic hydroxyl groups is 2. The van der Waals surface area contributed by atoms with Crippen LogP contribution in [-0.4, -0.2) is 33.0 Å². The smallest absolute Gasteiger partial charge is 0.310 e. The lowest BCUT2D eigenvalue weighted by Gasteiger charge is -2.71. The molecule has 0 aromatic carbocycles. The highest BCUT2D eigenvalue weighted by Crippen LogP contribution is 2.76. The second-order valence-electron chi connectivity index (χ2n) is 14.7. The molecule has 0 heterocycles. The van der Waals surface area contributed by atoms with Crippen LogP contribution in [0.5, 0.6) is 0 Å². The number of carboxylic acids is 1. The molecule has 0 aromatic heterocycles. The zero-order valence-corrected chi connectivity index (χ0v) is 22.6. The van der Waals surface area contributed by atoms with Crippen molar-refractivity contribution in [2.24, 2.45) is 50.7 Å². The van der Waals surface area contributed by atoms with E-state index in [0.717, 1.165) is 44.9 Å². The second-order valence-corrected chi connectivity index (χ2v) is 14.7. The van der Waals surface area contributed by atoms with Gasteiger partial charge in [0, 0.05) is 5.92 Å². The van der Waals surface area contributed by atoms with Gasteiger partial charge < -0.3 is 15.3 Å². The van der Waals surface area contributed by atoms with Crippen LogP contribution >= 0.6 is 0 Å². The van der Waals surface area contributed by atoms with Gasteiger partial charge in [-0.2, -0.15) is 0 Å². The van der Waals surface area contributed by atoms with Gasteiger partial charge in [-0.15, -0.1) is 0 Å². The molecule has 0 saturated heterocycles. The van der Waals surface area contributed by atoms with Crippen molar-refractivity contribution in [3.05, 3.63) is 11.6 Å². The number of hydrogen-bond donors (Lipinski definition) is 3. The minimum absolute atomic E-state index is 0.0716. The van der Waals surface area contributed by atoms with Gasteiger partial charge >= 0.3 is 5.97 Å². The molecule has 4 saturated carbocycles. The number of fused-ring (bicyclic) bond motifs is 7. The van der Waals surface area contributed by atoms with Gasteiger partial charge in [0.1, 0.15) is 0 Å². The standard InChI is InChI=1S/C30H48O4/c1-18-10-15-30(24(32)33)17-16-27(5)19(23(30)29(18,7)34)8-9-21-26(4)13-12-22(31)25(2,3)20(26)11-14-28(21,27)6/h8,18,20-23,31,34H,9-17H2,1-7H3,(H,32,33)/t18-,20?,21-,22-,23-,26+,27-,28-,29-,30+/m1/s1. The molecule has 1 unspecified atom stereocenters. The third-order valence-corrected chi connectivity index (χ3v) is 13.5. The lowest BCUT2D eigenvalue weighted by molar-refractivity contribution is -0.217. The van der Waals surface area contributed by atoms with E-state index in [9.17, 15) is 20.1 Å². The maximum Gasteiger partial charge on any atom is 0.310 e. The Morgan fingerprint density at radius 3 is 2.24 bits per heavy atom. The number of carboxylic acid groups (broad SMARTS) is 1.